The Balaban J connectivity index is 1.99. The Kier molecular flexibility index (Phi) is 7.57. The van der Waals surface area contributed by atoms with Gasteiger partial charge in [0.05, 0.1) is 17.7 Å². The van der Waals surface area contributed by atoms with Gasteiger partial charge in [0.2, 0.25) is 0 Å². The number of ether oxygens (including phenoxy) is 2. The highest BCUT2D eigenvalue weighted by Gasteiger charge is 2.29. The van der Waals surface area contributed by atoms with Gasteiger partial charge in [-0.15, -0.1) is 11.3 Å². The summed E-state index contributed by atoms with van der Waals surface area (Å²) in [6.07, 6.45) is -1.04. The maximum Gasteiger partial charge on any atom is 0.329 e. The molecule has 2 amide bonds. The van der Waals surface area contributed by atoms with Crippen LogP contribution in [0, 0.1) is 5.92 Å². The van der Waals surface area contributed by atoms with Gasteiger partial charge >= 0.3 is 5.97 Å². The highest BCUT2D eigenvalue weighted by molar-refractivity contribution is 7.12. The number of methoxy groups -OCH3 is 1. The zero-order valence-corrected chi connectivity index (χ0v) is 17.0. The Morgan fingerprint density at radius 3 is 2.36 bits per heavy atom. The summed E-state index contributed by atoms with van der Waals surface area (Å²) in [6.45, 7) is 5.06. The molecule has 150 valence electrons. The monoisotopic (exact) mass is 404 g/mol. The summed E-state index contributed by atoms with van der Waals surface area (Å²) in [5.74, 6) is -1.22. The summed E-state index contributed by atoms with van der Waals surface area (Å²) in [5.41, 5.74) is 0.476. The van der Waals surface area contributed by atoms with Crippen LogP contribution in [0.3, 0.4) is 0 Å². The Morgan fingerprint density at radius 1 is 1.04 bits per heavy atom. The molecule has 2 atom stereocenters. The molecule has 7 nitrogen and oxygen atoms in total. The third kappa shape index (κ3) is 5.56. The quantitative estimate of drug-likeness (QED) is 0.660. The first-order chi connectivity index (χ1) is 13.3. The number of hydrogen-bond donors (Lipinski definition) is 2. The van der Waals surface area contributed by atoms with Crippen molar-refractivity contribution in [3.8, 4) is 5.75 Å². The average molecular weight is 404 g/mol. The van der Waals surface area contributed by atoms with Crippen molar-refractivity contribution in [1.29, 1.82) is 0 Å². The van der Waals surface area contributed by atoms with E-state index in [1.807, 2.05) is 0 Å². The van der Waals surface area contributed by atoms with Crippen molar-refractivity contribution in [1.82, 2.24) is 5.32 Å². The van der Waals surface area contributed by atoms with Gasteiger partial charge in [-0.2, -0.15) is 0 Å². The van der Waals surface area contributed by atoms with E-state index < -0.39 is 24.0 Å². The van der Waals surface area contributed by atoms with Gasteiger partial charge in [0, 0.05) is 0 Å². The summed E-state index contributed by atoms with van der Waals surface area (Å²) in [7, 11) is 1.50. The fraction of sp³-hybridized carbons (Fsp3) is 0.350. The molecule has 0 fully saturated rings. The number of carbonyl (C=O) groups is 3. The average Bonchev–Trinajstić information content (AvgIpc) is 3.20. The minimum atomic E-state index is -1.04. The normalized spacial score (nSPS) is 12.8. The van der Waals surface area contributed by atoms with E-state index in [4.69, 9.17) is 9.47 Å². The topological polar surface area (TPSA) is 93.7 Å². The van der Waals surface area contributed by atoms with Gasteiger partial charge < -0.3 is 20.1 Å². The summed E-state index contributed by atoms with van der Waals surface area (Å²) < 4.78 is 10.5. The molecule has 0 aliphatic carbocycles. The van der Waals surface area contributed by atoms with Crippen molar-refractivity contribution in [3.63, 3.8) is 0 Å². The standard InChI is InChI=1S/C20H24N2O5S/c1-12(2)17(22-19(24)16-10-7-11-28-16)20(25)27-13(3)18(23)21-14-8-5-6-9-15(14)26-4/h5-13,17H,1-4H3,(H,21,23)(H,22,24)/t13-,17+/m1/s1. The Morgan fingerprint density at radius 2 is 1.75 bits per heavy atom. The smallest absolute Gasteiger partial charge is 0.329 e. The van der Waals surface area contributed by atoms with E-state index >= 15 is 0 Å². The van der Waals surface area contributed by atoms with Crippen LogP contribution in [0.15, 0.2) is 41.8 Å². The van der Waals surface area contributed by atoms with Crippen molar-refractivity contribution in [2.45, 2.75) is 32.9 Å². The molecule has 2 rings (SSSR count). The second kappa shape index (κ2) is 9.89. The molecule has 1 aromatic heterocycles. The Hall–Kier alpha value is -2.87. The van der Waals surface area contributed by atoms with E-state index in [0.29, 0.717) is 16.3 Å². The zero-order chi connectivity index (χ0) is 20.7. The molecule has 2 N–H and O–H groups in total. The molecule has 0 saturated carbocycles. The van der Waals surface area contributed by atoms with Crippen molar-refractivity contribution < 1.29 is 23.9 Å². The van der Waals surface area contributed by atoms with Crippen LogP contribution >= 0.6 is 11.3 Å². The van der Waals surface area contributed by atoms with Gasteiger partial charge in [0.15, 0.2) is 6.10 Å². The first-order valence-electron chi connectivity index (χ1n) is 8.82. The van der Waals surface area contributed by atoms with Crippen LogP contribution in [0.5, 0.6) is 5.75 Å². The molecule has 28 heavy (non-hydrogen) atoms. The maximum atomic E-state index is 12.5. The molecule has 0 radical (unpaired) electrons. The van der Waals surface area contributed by atoms with E-state index in [1.165, 1.54) is 25.4 Å². The lowest BCUT2D eigenvalue weighted by Gasteiger charge is -2.23. The Bertz CT molecular complexity index is 820. The summed E-state index contributed by atoms with van der Waals surface area (Å²) in [5, 5.41) is 7.13. The number of benzene rings is 1. The fourth-order valence-corrected chi connectivity index (χ4v) is 3.03. The molecular formula is C20H24N2O5S. The van der Waals surface area contributed by atoms with Crippen LogP contribution in [0.25, 0.3) is 0 Å². The fourth-order valence-electron chi connectivity index (χ4n) is 2.40. The largest absolute Gasteiger partial charge is 0.495 e. The molecule has 8 heteroatoms. The number of carbonyl (C=O) groups excluding carboxylic acids is 3. The zero-order valence-electron chi connectivity index (χ0n) is 16.2. The lowest BCUT2D eigenvalue weighted by molar-refractivity contribution is -0.156. The van der Waals surface area contributed by atoms with Gasteiger partial charge in [0.1, 0.15) is 11.8 Å². The molecule has 0 aliphatic rings. The number of thiophene rings is 1. The number of nitrogens with one attached hydrogen (secondary N) is 2. The van der Waals surface area contributed by atoms with Gasteiger partial charge in [-0.3, -0.25) is 9.59 Å². The van der Waals surface area contributed by atoms with Crippen molar-refractivity contribution in [3.05, 3.63) is 46.7 Å². The number of amides is 2. The first kappa shape index (κ1) is 21.4. The highest BCUT2D eigenvalue weighted by atomic mass is 32.1. The van der Waals surface area contributed by atoms with E-state index in [9.17, 15) is 14.4 Å². The predicted octanol–water partition coefficient (Wildman–Crippen LogP) is 3.08. The van der Waals surface area contributed by atoms with E-state index in [1.54, 1.807) is 55.6 Å². The minimum absolute atomic E-state index is 0.208. The molecule has 0 bridgehead atoms. The molecule has 1 heterocycles. The van der Waals surface area contributed by atoms with Crippen LogP contribution in [-0.4, -0.2) is 37.0 Å². The lowest BCUT2D eigenvalue weighted by atomic mass is 10.0. The molecule has 0 unspecified atom stereocenters. The van der Waals surface area contributed by atoms with E-state index in [2.05, 4.69) is 10.6 Å². The molecular weight excluding hydrogens is 380 g/mol. The number of rotatable bonds is 8. The summed E-state index contributed by atoms with van der Waals surface area (Å²) in [4.78, 5) is 37.7. The molecule has 0 aliphatic heterocycles. The van der Waals surface area contributed by atoms with Crippen LogP contribution in [0.4, 0.5) is 5.69 Å². The van der Waals surface area contributed by atoms with Gasteiger partial charge in [-0.25, -0.2) is 4.79 Å². The third-order valence-corrected chi connectivity index (χ3v) is 4.85. The van der Waals surface area contributed by atoms with Gasteiger partial charge in [-0.1, -0.05) is 32.0 Å². The highest BCUT2D eigenvalue weighted by Crippen LogP contribution is 2.23. The van der Waals surface area contributed by atoms with Crippen molar-refractivity contribution in [2.75, 3.05) is 12.4 Å². The van der Waals surface area contributed by atoms with Gasteiger partial charge in [-0.05, 0) is 36.4 Å². The van der Waals surface area contributed by atoms with Crippen molar-refractivity contribution >= 4 is 34.8 Å². The summed E-state index contributed by atoms with van der Waals surface area (Å²) >= 11 is 1.28. The SMILES string of the molecule is COc1ccccc1NC(=O)[C@@H](C)OC(=O)[C@@H](NC(=O)c1cccs1)C(C)C. The lowest BCUT2D eigenvalue weighted by Crippen LogP contribution is -2.47. The van der Waals surface area contributed by atoms with E-state index in [-0.39, 0.29) is 11.8 Å². The molecule has 0 saturated heterocycles. The number of esters is 1. The van der Waals surface area contributed by atoms with Gasteiger partial charge in [0.25, 0.3) is 11.8 Å². The number of para-hydroxylation sites is 2. The van der Waals surface area contributed by atoms with E-state index in [0.717, 1.165) is 0 Å². The van der Waals surface area contributed by atoms with Crippen LogP contribution in [-0.2, 0) is 14.3 Å². The van der Waals surface area contributed by atoms with Crippen LogP contribution in [0.1, 0.15) is 30.4 Å². The number of hydrogen-bond acceptors (Lipinski definition) is 6. The van der Waals surface area contributed by atoms with Crippen molar-refractivity contribution in [2.24, 2.45) is 5.92 Å². The molecule has 0 spiro atoms. The second-order valence-electron chi connectivity index (χ2n) is 6.44. The Labute approximate surface area is 168 Å². The second-order valence-corrected chi connectivity index (χ2v) is 7.39. The maximum absolute atomic E-state index is 12.5. The first-order valence-corrected chi connectivity index (χ1v) is 9.70. The number of anilines is 1. The third-order valence-electron chi connectivity index (χ3n) is 3.98. The predicted molar refractivity (Wildman–Crippen MR) is 108 cm³/mol. The van der Waals surface area contributed by atoms with Crippen LogP contribution in [0.2, 0.25) is 0 Å². The molecule has 1 aromatic carbocycles. The minimum Gasteiger partial charge on any atom is -0.495 e. The van der Waals surface area contributed by atoms with Crippen LogP contribution < -0.4 is 15.4 Å². The molecule has 2 aromatic rings. The summed E-state index contributed by atoms with van der Waals surface area (Å²) in [6, 6.07) is 9.49.